The number of nitrogens with one attached hydrogen (secondary N) is 1. The zero-order valence-corrected chi connectivity index (χ0v) is 14.5. The third kappa shape index (κ3) is 3.55. The number of rotatable bonds is 6. The van der Waals surface area contributed by atoms with Crippen LogP contribution in [0.2, 0.25) is 0 Å². The quantitative estimate of drug-likeness (QED) is 0.321. The van der Waals surface area contributed by atoms with Gasteiger partial charge in [0.05, 0.1) is 5.70 Å². The van der Waals surface area contributed by atoms with Crippen molar-refractivity contribution in [2.45, 2.75) is 38.0 Å². The summed E-state index contributed by atoms with van der Waals surface area (Å²) in [6, 6.07) is 8.75. The van der Waals surface area contributed by atoms with E-state index in [-0.39, 0.29) is 0 Å². The number of halogens is 1. The molecule has 0 radical (unpaired) electrons. The van der Waals surface area contributed by atoms with E-state index in [1.807, 2.05) is 0 Å². The average molecular weight is 346 g/mol. The van der Waals surface area contributed by atoms with Crippen LogP contribution in [-0.4, -0.2) is 33.7 Å². The van der Waals surface area contributed by atoms with E-state index in [2.05, 4.69) is 11.6 Å². The van der Waals surface area contributed by atoms with Gasteiger partial charge >= 0.3 is 0 Å². The number of hydroxylamine groups is 1. The van der Waals surface area contributed by atoms with Crippen LogP contribution in [0.3, 0.4) is 0 Å². The van der Waals surface area contributed by atoms with Crippen LogP contribution < -0.4 is 5.48 Å². The molecule has 0 aliphatic heterocycles. The lowest BCUT2D eigenvalue weighted by molar-refractivity contribution is -0.136. The fourth-order valence-corrected chi connectivity index (χ4v) is 3.08. The Balaban J connectivity index is 2.41. The van der Waals surface area contributed by atoms with Gasteiger partial charge in [0.25, 0.3) is 5.91 Å². The Hall–Kier alpha value is -2.31. The highest BCUT2D eigenvalue weighted by atomic mass is 19.1. The first-order valence-electron chi connectivity index (χ1n) is 7.98. The molecule has 1 aromatic carbocycles. The Bertz CT molecular complexity index is 722. The molecule has 1 saturated carbocycles. The van der Waals surface area contributed by atoms with Gasteiger partial charge in [0.15, 0.2) is 0 Å². The van der Waals surface area contributed by atoms with Gasteiger partial charge in [-0.25, -0.2) is 9.87 Å². The molecule has 134 valence electrons. The zero-order chi connectivity index (χ0) is 18.8. The zero-order valence-electron chi connectivity index (χ0n) is 14.5. The van der Waals surface area contributed by atoms with Crippen molar-refractivity contribution >= 4 is 12.1 Å². The lowest BCUT2D eigenvalue weighted by Crippen LogP contribution is -2.33. The van der Waals surface area contributed by atoms with Crippen LogP contribution in [0.4, 0.5) is 4.39 Å². The Morgan fingerprint density at radius 3 is 2.48 bits per heavy atom. The van der Waals surface area contributed by atoms with E-state index in [0.29, 0.717) is 16.8 Å². The molecule has 1 aliphatic rings. The van der Waals surface area contributed by atoms with Gasteiger partial charge in [0.1, 0.15) is 5.60 Å². The van der Waals surface area contributed by atoms with Crippen LogP contribution in [0.15, 0.2) is 59.2 Å². The van der Waals surface area contributed by atoms with Gasteiger partial charge in [-0.2, -0.15) is 0 Å². The minimum absolute atomic E-state index is 0.311. The number of benzene rings is 1. The molecule has 1 fully saturated rings. The first kappa shape index (κ1) is 19.0. The highest BCUT2D eigenvalue weighted by Crippen LogP contribution is 2.63. The fraction of sp³-hybridized carbons (Fsp3) is 0.368. The van der Waals surface area contributed by atoms with Crippen molar-refractivity contribution in [3.05, 3.63) is 59.8 Å². The molecule has 1 amide bonds. The second kappa shape index (κ2) is 6.90. The number of hydrogen-bond acceptors (Lipinski definition) is 4. The maximum atomic E-state index is 15.3. The molecule has 1 aromatic rings. The summed E-state index contributed by atoms with van der Waals surface area (Å²) < 4.78 is 15.3. The van der Waals surface area contributed by atoms with Crippen molar-refractivity contribution in [2.24, 2.45) is 10.9 Å². The maximum absolute atomic E-state index is 15.3. The number of carbonyl (C=O) groups excluding carboxylic acids is 1. The van der Waals surface area contributed by atoms with Gasteiger partial charge < -0.3 is 5.11 Å². The van der Waals surface area contributed by atoms with Crippen LogP contribution in [0.25, 0.3) is 0 Å². The number of carbonyl (C=O) groups is 1. The van der Waals surface area contributed by atoms with Crippen molar-refractivity contribution in [2.75, 3.05) is 0 Å². The van der Waals surface area contributed by atoms with E-state index in [9.17, 15) is 9.90 Å². The summed E-state index contributed by atoms with van der Waals surface area (Å²) in [7, 11) is 0. The van der Waals surface area contributed by atoms with Crippen LogP contribution in [0.1, 0.15) is 32.3 Å². The molecule has 5 nitrogen and oxygen atoms in total. The van der Waals surface area contributed by atoms with Crippen molar-refractivity contribution in [3.63, 3.8) is 0 Å². The maximum Gasteiger partial charge on any atom is 0.282 e. The lowest BCUT2D eigenvalue weighted by Gasteiger charge is -2.18. The first-order valence-corrected chi connectivity index (χ1v) is 7.98. The van der Waals surface area contributed by atoms with Crippen LogP contribution >= 0.6 is 0 Å². The lowest BCUT2D eigenvalue weighted by atomic mass is 10.00. The van der Waals surface area contributed by atoms with Gasteiger partial charge in [0, 0.05) is 18.1 Å². The number of allylic oxidation sites excluding steroid dienone is 2. The standard InChI is InChI=1S/C19H23FN2O3/c1-5-21-14(18(3,4)24)11-12(2)15-16(13-9-7-6-8-10-13)19(15,20)17(23)22-25/h5-11,15-16,24-25H,2H2,1,3-4H3,(H,22,23)/b14-11-,21-5?/t15-,16-,19-/m1/s1. The van der Waals surface area contributed by atoms with E-state index in [4.69, 9.17) is 5.21 Å². The molecule has 1 aliphatic carbocycles. The van der Waals surface area contributed by atoms with Gasteiger partial charge in [-0.05, 0) is 38.0 Å². The number of aliphatic hydroxyl groups is 1. The predicted molar refractivity (Wildman–Crippen MR) is 94.1 cm³/mol. The summed E-state index contributed by atoms with van der Waals surface area (Å²) in [6.45, 7) is 8.70. The smallest absolute Gasteiger partial charge is 0.282 e. The molecular formula is C19H23FN2O3. The molecule has 6 heteroatoms. The molecule has 0 aromatic heterocycles. The highest BCUT2D eigenvalue weighted by Gasteiger charge is 2.72. The van der Waals surface area contributed by atoms with Gasteiger partial charge in [-0.1, -0.05) is 36.9 Å². The molecule has 3 N–H and O–H groups in total. The second-order valence-electron chi connectivity index (χ2n) is 6.63. The fourth-order valence-electron chi connectivity index (χ4n) is 3.08. The molecule has 0 heterocycles. The number of alkyl halides is 1. The minimum atomic E-state index is -2.30. The molecule has 25 heavy (non-hydrogen) atoms. The highest BCUT2D eigenvalue weighted by molar-refractivity contribution is 5.91. The number of amides is 1. The van der Waals surface area contributed by atoms with Crippen molar-refractivity contribution in [3.8, 4) is 0 Å². The summed E-state index contributed by atoms with van der Waals surface area (Å²) in [4.78, 5) is 16.0. The van der Waals surface area contributed by atoms with Crippen molar-refractivity contribution in [1.29, 1.82) is 0 Å². The first-order chi connectivity index (χ1) is 11.7. The Morgan fingerprint density at radius 1 is 1.40 bits per heavy atom. The monoisotopic (exact) mass is 346 g/mol. The van der Waals surface area contributed by atoms with E-state index in [1.165, 1.54) is 17.8 Å². The summed E-state index contributed by atoms with van der Waals surface area (Å²) in [5, 5.41) is 19.1. The summed E-state index contributed by atoms with van der Waals surface area (Å²) >= 11 is 0. The van der Waals surface area contributed by atoms with Gasteiger partial charge in [-0.15, -0.1) is 0 Å². The van der Waals surface area contributed by atoms with Crippen LogP contribution in [-0.2, 0) is 4.79 Å². The third-order valence-corrected chi connectivity index (χ3v) is 4.35. The van der Waals surface area contributed by atoms with Gasteiger partial charge in [-0.3, -0.25) is 15.0 Å². The van der Waals surface area contributed by atoms with Crippen molar-refractivity contribution in [1.82, 2.24) is 5.48 Å². The normalized spacial score (nSPS) is 26.6. The molecule has 0 unspecified atom stereocenters. The van der Waals surface area contributed by atoms with E-state index in [0.717, 1.165) is 0 Å². The number of nitrogens with zero attached hydrogens (tertiary/aromatic N) is 1. The Morgan fingerprint density at radius 2 is 2.00 bits per heavy atom. The largest absolute Gasteiger partial charge is 0.384 e. The summed E-state index contributed by atoms with van der Waals surface area (Å²) in [5.41, 5.74) is -0.872. The number of aliphatic imine (C=N–C) groups is 1. The molecular weight excluding hydrogens is 323 g/mol. The molecule has 0 saturated heterocycles. The molecule has 0 spiro atoms. The molecule has 3 atom stereocenters. The van der Waals surface area contributed by atoms with E-state index in [1.54, 1.807) is 51.1 Å². The SMILES string of the molecule is C=C(/C=C(\N=CC)C(C)(C)O)[C@@H]1[C@@H](c2ccccc2)[C@@]1(F)C(=O)NO. The summed E-state index contributed by atoms with van der Waals surface area (Å²) in [6.07, 6.45) is 3.01. The molecule has 0 bridgehead atoms. The van der Waals surface area contributed by atoms with Crippen molar-refractivity contribution < 1.29 is 19.5 Å². The Labute approximate surface area is 146 Å². The van der Waals surface area contributed by atoms with Gasteiger partial charge in [0.2, 0.25) is 5.67 Å². The molecule has 2 rings (SSSR count). The summed E-state index contributed by atoms with van der Waals surface area (Å²) in [5.74, 6) is -2.73. The Kier molecular flexibility index (Phi) is 5.25. The average Bonchev–Trinajstić information content (AvgIpc) is 3.21. The number of hydrogen-bond donors (Lipinski definition) is 3. The van der Waals surface area contributed by atoms with Crippen LogP contribution in [0.5, 0.6) is 0 Å². The second-order valence-corrected chi connectivity index (χ2v) is 6.63. The predicted octanol–water partition coefficient (Wildman–Crippen LogP) is 2.92. The van der Waals surface area contributed by atoms with E-state index < -0.39 is 29.0 Å². The topological polar surface area (TPSA) is 81.9 Å². The van der Waals surface area contributed by atoms with E-state index >= 15 is 4.39 Å². The third-order valence-electron chi connectivity index (χ3n) is 4.35. The van der Waals surface area contributed by atoms with Crippen LogP contribution in [0, 0.1) is 5.92 Å². The minimum Gasteiger partial charge on any atom is -0.384 e.